The molecule has 3 heteroatoms. The number of hydrogen-bond donors (Lipinski definition) is 0. The number of rotatable bonds is 2. The predicted octanol–water partition coefficient (Wildman–Crippen LogP) is 2.18. The van der Waals surface area contributed by atoms with Crippen LogP contribution in [0.2, 0.25) is 0 Å². The third-order valence-corrected chi connectivity index (χ3v) is 4.19. The van der Waals surface area contributed by atoms with Crippen molar-refractivity contribution in [1.82, 2.24) is 9.55 Å². The monoisotopic (exact) mass is 204 g/mol. The van der Waals surface area contributed by atoms with Gasteiger partial charge < -0.3 is 4.57 Å². The summed E-state index contributed by atoms with van der Waals surface area (Å²) in [5.74, 6) is 1.14. The van der Waals surface area contributed by atoms with Gasteiger partial charge >= 0.3 is 0 Å². The highest BCUT2D eigenvalue weighted by Crippen LogP contribution is 2.59. The summed E-state index contributed by atoms with van der Waals surface area (Å²) in [5, 5.41) is 0. The first-order valence-corrected chi connectivity index (χ1v) is 5.72. The van der Waals surface area contributed by atoms with Gasteiger partial charge in [0.1, 0.15) is 0 Å². The average molecular weight is 204 g/mol. The predicted molar refractivity (Wildman–Crippen MR) is 56.5 cm³/mol. The molecule has 2 fully saturated rings. The quantitative estimate of drug-likeness (QED) is 0.692. The minimum atomic E-state index is 0.250. The Morgan fingerprint density at radius 1 is 1.53 bits per heavy atom. The molecule has 0 unspecified atom stereocenters. The fraction of sp³-hybridized carbons (Fsp3) is 0.667. The number of hydrogen-bond acceptors (Lipinski definition) is 2. The van der Waals surface area contributed by atoms with Crippen molar-refractivity contribution in [3.05, 3.63) is 18.2 Å². The van der Waals surface area contributed by atoms with E-state index >= 15 is 0 Å². The molecule has 1 spiro atoms. The summed E-state index contributed by atoms with van der Waals surface area (Å²) in [5.41, 5.74) is 0.575. The van der Waals surface area contributed by atoms with Crippen molar-refractivity contribution in [3.63, 3.8) is 0 Å². The van der Waals surface area contributed by atoms with Gasteiger partial charge in [-0.05, 0) is 31.1 Å². The highest BCUT2D eigenvalue weighted by Gasteiger charge is 2.50. The molecule has 1 heterocycles. The van der Waals surface area contributed by atoms with Crippen LogP contribution in [0, 0.1) is 11.3 Å². The number of ketones is 1. The van der Waals surface area contributed by atoms with E-state index in [1.165, 1.54) is 19.3 Å². The number of aryl methyl sites for hydroxylation is 1. The molecule has 3 nitrogen and oxygen atoms in total. The number of Topliss-reactive ketones (excluding diaryl/α,β-unsaturated/α-hetero) is 1. The van der Waals surface area contributed by atoms with E-state index in [1.54, 1.807) is 6.20 Å². The van der Waals surface area contributed by atoms with Gasteiger partial charge in [-0.2, -0.15) is 0 Å². The summed E-state index contributed by atoms with van der Waals surface area (Å²) in [6.45, 7) is 0. The molecule has 0 N–H and O–H groups in total. The molecular formula is C12H16N2O. The lowest BCUT2D eigenvalue weighted by Crippen LogP contribution is -2.46. The molecule has 0 amide bonds. The lowest BCUT2D eigenvalue weighted by Gasteiger charge is -2.53. The Bertz CT molecular complexity index is 396. The number of carbonyl (C=O) groups is 1. The Labute approximate surface area is 89.5 Å². The Kier molecular flexibility index (Phi) is 1.79. The van der Waals surface area contributed by atoms with Crippen molar-refractivity contribution in [2.45, 2.75) is 32.1 Å². The van der Waals surface area contributed by atoms with Crippen LogP contribution in [0.3, 0.4) is 0 Å². The third kappa shape index (κ3) is 1.25. The smallest absolute Gasteiger partial charge is 0.201 e. The Morgan fingerprint density at radius 2 is 2.27 bits per heavy atom. The van der Waals surface area contributed by atoms with Crippen molar-refractivity contribution in [1.29, 1.82) is 0 Å². The summed E-state index contributed by atoms with van der Waals surface area (Å²) >= 11 is 0. The van der Waals surface area contributed by atoms with Crippen molar-refractivity contribution in [3.8, 4) is 0 Å². The Morgan fingerprint density at radius 3 is 2.73 bits per heavy atom. The normalized spacial score (nSPS) is 23.5. The van der Waals surface area contributed by atoms with Crippen LogP contribution >= 0.6 is 0 Å². The molecule has 3 rings (SSSR count). The minimum absolute atomic E-state index is 0.250. The molecule has 15 heavy (non-hydrogen) atoms. The zero-order valence-electron chi connectivity index (χ0n) is 9.07. The zero-order valence-corrected chi connectivity index (χ0v) is 9.07. The Balaban J connectivity index is 1.70. The van der Waals surface area contributed by atoms with Crippen LogP contribution in [0.1, 0.15) is 42.7 Å². The number of carbonyl (C=O) groups excluding carboxylic acids is 1. The van der Waals surface area contributed by atoms with Crippen LogP contribution in [0.15, 0.2) is 12.4 Å². The second kappa shape index (κ2) is 2.94. The van der Waals surface area contributed by atoms with E-state index in [4.69, 9.17) is 0 Å². The van der Waals surface area contributed by atoms with Crippen LogP contribution in [0.4, 0.5) is 0 Å². The standard InChI is InChI=1S/C12H16N2O/c1-14-6-5-13-11(14)10(15)9-7-12(8-9)3-2-4-12/h5-6,9H,2-4,7-8H2,1H3. The van der Waals surface area contributed by atoms with Gasteiger partial charge in [-0.15, -0.1) is 0 Å². The van der Waals surface area contributed by atoms with Crippen molar-refractivity contribution in [2.75, 3.05) is 0 Å². The van der Waals surface area contributed by atoms with Gasteiger partial charge in [0, 0.05) is 25.4 Å². The number of imidazole rings is 1. The van der Waals surface area contributed by atoms with E-state index < -0.39 is 0 Å². The zero-order chi connectivity index (χ0) is 10.5. The van der Waals surface area contributed by atoms with Crippen LogP contribution in [0.25, 0.3) is 0 Å². The van der Waals surface area contributed by atoms with E-state index in [1.807, 2.05) is 17.8 Å². The van der Waals surface area contributed by atoms with Gasteiger partial charge in [-0.1, -0.05) is 6.42 Å². The molecule has 0 atom stereocenters. The summed E-state index contributed by atoms with van der Waals surface area (Å²) < 4.78 is 1.83. The fourth-order valence-electron chi connectivity index (χ4n) is 3.04. The van der Waals surface area contributed by atoms with Crippen LogP contribution in [-0.4, -0.2) is 15.3 Å². The molecule has 0 saturated heterocycles. The lowest BCUT2D eigenvalue weighted by molar-refractivity contribution is -0.0155. The molecule has 2 aliphatic rings. The second-order valence-corrected chi connectivity index (χ2v) is 5.18. The molecular weight excluding hydrogens is 188 g/mol. The highest BCUT2D eigenvalue weighted by atomic mass is 16.1. The van der Waals surface area contributed by atoms with E-state index in [0.717, 1.165) is 12.8 Å². The van der Waals surface area contributed by atoms with E-state index in [0.29, 0.717) is 11.2 Å². The van der Waals surface area contributed by atoms with E-state index in [-0.39, 0.29) is 11.7 Å². The minimum Gasteiger partial charge on any atom is -0.332 e. The first-order chi connectivity index (χ1) is 7.20. The van der Waals surface area contributed by atoms with Crippen LogP contribution < -0.4 is 0 Å². The van der Waals surface area contributed by atoms with Gasteiger partial charge in [0.25, 0.3) is 0 Å². The van der Waals surface area contributed by atoms with Crippen molar-refractivity contribution < 1.29 is 4.79 Å². The van der Waals surface area contributed by atoms with E-state index in [9.17, 15) is 4.79 Å². The maximum absolute atomic E-state index is 12.1. The van der Waals surface area contributed by atoms with Gasteiger partial charge in [-0.3, -0.25) is 4.79 Å². The summed E-state index contributed by atoms with van der Waals surface area (Å²) in [4.78, 5) is 16.2. The number of aromatic nitrogens is 2. The average Bonchev–Trinajstić information content (AvgIpc) is 2.45. The molecule has 1 aromatic rings. The lowest BCUT2D eigenvalue weighted by atomic mass is 9.51. The maximum Gasteiger partial charge on any atom is 0.201 e. The summed E-state index contributed by atoms with van der Waals surface area (Å²) in [6.07, 6.45) is 9.81. The highest BCUT2D eigenvalue weighted by molar-refractivity contribution is 5.95. The van der Waals surface area contributed by atoms with Crippen molar-refractivity contribution >= 4 is 5.78 Å². The van der Waals surface area contributed by atoms with Gasteiger partial charge in [0.2, 0.25) is 5.78 Å². The van der Waals surface area contributed by atoms with Crippen LogP contribution in [0.5, 0.6) is 0 Å². The SMILES string of the molecule is Cn1ccnc1C(=O)C1CC2(CCC2)C1. The maximum atomic E-state index is 12.1. The second-order valence-electron chi connectivity index (χ2n) is 5.18. The molecule has 0 bridgehead atoms. The molecule has 2 saturated carbocycles. The topological polar surface area (TPSA) is 34.9 Å². The molecule has 1 aromatic heterocycles. The van der Waals surface area contributed by atoms with Gasteiger partial charge in [0.05, 0.1) is 0 Å². The molecule has 0 aliphatic heterocycles. The first kappa shape index (κ1) is 9.13. The molecule has 80 valence electrons. The fourth-order valence-corrected chi connectivity index (χ4v) is 3.04. The molecule has 0 radical (unpaired) electrons. The van der Waals surface area contributed by atoms with Gasteiger partial charge in [0.15, 0.2) is 5.82 Å². The first-order valence-electron chi connectivity index (χ1n) is 5.72. The summed E-state index contributed by atoms with van der Waals surface area (Å²) in [6, 6.07) is 0. The van der Waals surface area contributed by atoms with Crippen molar-refractivity contribution in [2.24, 2.45) is 18.4 Å². The summed E-state index contributed by atoms with van der Waals surface area (Å²) in [7, 11) is 1.89. The number of nitrogens with zero attached hydrogens (tertiary/aromatic N) is 2. The van der Waals surface area contributed by atoms with Gasteiger partial charge in [-0.25, -0.2) is 4.98 Å². The molecule has 2 aliphatic carbocycles. The van der Waals surface area contributed by atoms with E-state index in [2.05, 4.69) is 4.98 Å². The largest absolute Gasteiger partial charge is 0.332 e. The molecule has 0 aromatic carbocycles. The van der Waals surface area contributed by atoms with Crippen LogP contribution in [-0.2, 0) is 7.05 Å². The third-order valence-electron chi connectivity index (χ3n) is 4.19. The Hall–Kier alpha value is -1.12.